The van der Waals surface area contributed by atoms with Crippen molar-refractivity contribution in [3.8, 4) is 5.75 Å². The highest BCUT2D eigenvalue weighted by atomic mass is 19.4. The average Bonchev–Trinajstić information content (AvgIpc) is 3.12. The summed E-state index contributed by atoms with van der Waals surface area (Å²) in [5.74, 6) is 0.711. The molecule has 0 aliphatic carbocycles. The number of rotatable bonds is 5. The fourth-order valence-electron chi connectivity index (χ4n) is 4.42. The van der Waals surface area contributed by atoms with Crippen molar-refractivity contribution in [3.63, 3.8) is 0 Å². The molecule has 1 unspecified atom stereocenters. The van der Waals surface area contributed by atoms with Crippen molar-refractivity contribution in [3.05, 3.63) is 30.5 Å². The van der Waals surface area contributed by atoms with E-state index in [4.69, 9.17) is 9.47 Å². The van der Waals surface area contributed by atoms with Gasteiger partial charge >= 0.3 is 6.18 Å². The zero-order chi connectivity index (χ0) is 22.0. The molecule has 170 valence electrons. The number of halogens is 3. The van der Waals surface area contributed by atoms with Crippen LogP contribution in [0.1, 0.15) is 19.8 Å². The highest BCUT2D eigenvalue weighted by Crippen LogP contribution is 2.31. The molecule has 0 saturated carbocycles. The van der Waals surface area contributed by atoms with Crippen LogP contribution in [0.5, 0.6) is 5.75 Å². The van der Waals surface area contributed by atoms with E-state index >= 15 is 0 Å². The number of carbonyl (C=O) groups is 1. The molecular formula is C22H28F3N3O3. The Kier molecular flexibility index (Phi) is 6.43. The lowest BCUT2D eigenvalue weighted by Crippen LogP contribution is -2.50. The van der Waals surface area contributed by atoms with Crippen LogP contribution in [0.2, 0.25) is 0 Å². The van der Waals surface area contributed by atoms with Crippen LogP contribution in [0.3, 0.4) is 0 Å². The Morgan fingerprint density at radius 3 is 2.68 bits per heavy atom. The lowest BCUT2D eigenvalue weighted by molar-refractivity contribution is -0.140. The maximum Gasteiger partial charge on any atom is 0.406 e. The number of benzene rings is 1. The average molecular weight is 439 g/mol. The van der Waals surface area contributed by atoms with Gasteiger partial charge in [-0.05, 0) is 31.0 Å². The van der Waals surface area contributed by atoms with E-state index in [2.05, 4.69) is 4.90 Å². The molecule has 2 saturated heterocycles. The highest BCUT2D eigenvalue weighted by Gasteiger charge is 2.29. The number of fused-ring (bicyclic) bond motifs is 1. The summed E-state index contributed by atoms with van der Waals surface area (Å²) in [4.78, 5) is 15.8. The topological polar surface area (TPSA) is 46.9 Å². The van der Waals surface area contributed by atoms with E-state index in [0.717, 1.165) is 32.5 Å². The third-order valence-electron chi connectivity index (χ3n) is 6.00. The van der Waals surface area contributed by atoms with E-state index in [0.29, 0.717) is 36.3 Å². The Labute approximate surface area is 179 Å². The van der Waals surface area contributed by atoms with Gasteiger partial charge in [-0.2, -0.15) is 13.2 Å². The van der Waals surface area contributed by atoms with Gasteiger partial charge in [0.15, 0.2) is 0 Å². The number of hydrogen-bond acceptors (Lipinski definition) is 4. The van der Waals surface area contributed by atoms with Crippen molar-refractivity contribution in [1.82, 2.24) is 14.4 Å². The lowest BCUT2D eigenvalue weighted by atomic mass is 10.1. The Morgan fingerprint density at radius 1 is 1.19 bits per heavy atom. The van der Waals surface area contributed by atoms with Crippen molar-refractivity contribution < 1.29 is 27.4 Å². The van der Waals surface area contributed by atoms with Gasteiger partial charge < -0.3 is 23.8 Å². The van der Waals surface area contributed by atoms with Crippen LogP contribution in [-0.4, -0.2) is 78.0 Å². The molecule has 4 rings (SSSR count). The van der Waals surface area contributed by atoms with Gasteiger partial charge in [-0.3, -0.25) is 4.79 Å². The number of nitrogens with zero attached hydrogens (tertiary/aromatic N) is 3. The van der Waals surface area contributed by atoms with Gasteiger partial charge in [0, 0.05) is 51.2 Å². The molecule has 2 fully saturated rings. The van der Waals surface area contributed by atoms with E-state index in [1.165, 1.54) is 10.8 Å². The molecule has 9 heteroatoms. The van der Waals surface area contributed by atoms with Crippen LogP contribution >= 0.6 is 0 Å². The van der Waals surface area contributed by atoms with E-state index in [-0.39, 0.29) is 18.1 Å². The molecule has 0 spiro atoms. The first-order valence-corrected chi connectivity index (χ1v) is 10.7. The van der Waals surface area contributed by atoms with Gasteiger partial charge in [0.25, 0.3) is 0 Å². The molecule has 2 aliphatic rings. The van der Waals surface area contributed by atoms with Crippen molar-refractivity contribution in [1.29, 1.82) is 0 Å². The standard InChI is InChI=1S/C22H28F3N3O3/c1-16(29)27-11-12-30-18(14-27)13-26-8-5-17(6-9-26)31-21-4-2-3-20-19(21)7-10-28(20)15-22(23,24)25/h2-4,7,10,17-18H,5-6,8-9,11-15H2,1H3. The number of morpholine rings is 1. The number of amides is 1. The molecule has 6 nitrogen and oxygen atoms in total. The van der Waals surface area contributed by atoms with Crippen LogP contribution in [-0.2, 0) is 16.1 Å². The predicted molar refractivity (Wildman–Crippen MR) is 110 cm³/mol. The minimum atomic E-state index is -4.26. The highest BCUT2D eigenvalue weighted by molar-refractivity contribution is 5.86. The molecular weight excluding hydrogens is 411 g/mol. The molecule has 0 radical (unpaired) electrons. The Morgan fingerprint density at radius 2 is 1.97 bits per heavy atom. The van der Waals surface area contributed by atoms with Gasteiger partial charge in [-0.25, -0.2) is 0 Å². The van der Waals surface area contributed by atoms with E-state index in [1.807, 2.05) is 11.0 Å². The van der Waals surface area contributed by atoms with E-state index in [9.17, 15) is 18.0 Å². The van der Waals surface area contributed by atoms with Crippen molar-refractivity contribution >= 4 is 16.8 Å². The molecule has 1 aromatic heterocycles. The first-order chi connectivity index (χ1) is 14.8. The number of carbonyl (C=O) groups excluding carboxylic acids is 1. The predicted octanol–water partition coefficient (Wildman–Crippen LogP) is 3.29. The Hall–Kier alpha value is -2.26. The van der Waals surface area contributed by atoms with Crippen LogP contribution in [0, 0.1) is 0 Å². The molecule has 2 aromatic rings. The zero-order valence-corrected chi connectivity index (χ0v) is 17.6. The first-order valence-electron chi connectivity index (χ1n) is 10.7. The third kappa shape index (κ3) is 5.51. The minimum absolute atomic E-state index is 0.0220. The second kappa shape index (κ2) is 9.08. The van der Waals surface area contributed by atoms with Gasteiger partial charge in [-0.15, -0.1) is 0 Å². The molecule has 1 amide bonds. The van der Waals surface area contributed by atoms with Crippen LogP contribution in [0.4, 0.5) is 13.2 Å². The van der Waals surface area contributed by atoms with Gasteiger partial charge in [0.1, 0.15) is 18.4 Å². The van der Waals surface area contributed by atoms with Crippen molar-refractivity contribution in [2.24, 2.45) is 0 Å². The Balaban J connectivity index is 1.32. The number of hydrogen-bond donors (Lipinski definition) is 0. The summed E-state index contributed by atoms with van der Waals surface area (Å²) >= 11 is 0. The second-order valence-electron chi connectivity index (χ2n) is 8.32. The van der Waals surface area contributed by atoms with Crippen molar-refractivity contribution in [2.75, 3.05) is 39.3 Å². The number of likely N-dealkylation sites (tertiary alicyclic amines) is 1. The normalized spacial score (nSPS) is 21.5. The number of piperidine rings is 1. The smallest absolute Gasteiger partial charge is 0.406 e. The summed E-state index contributed by atoms with van der Waals surface area (Å²) in [6.45, 7) is 4.92. The maximum atomic E-state index is 12.8. The molecule has 1 aromatic carbocycles. The lowest BCUT2D eigenvalue weighted by Gasteiger charge is -2.38. The largest absolute Gasteiger partial charge is 0.490 e. The fourth-order valence-corrected chi connectivity index (χ4v) is 4.42. The van der Waals surface area contributed by atoms with E-state index in [1.54, 1.807) is 25.1 Å². The molecule has 1 atom stereocenters. The van der Waals surface area contributed by atoms with Crippen molar-refractivity contribution in [2.45, 2.75) is 44.7 Å². The summed E-state index contributed by atoms with van der Waals surface area (Å²) in [6, 6.07) is 6.93. The summed E-state index contributed by atoms with van der Waals surface area (Å²) in [7, 11) is 0. The molecule has 0 bridgehead atoms. The molecule has 2 aliphatic heterocycles. The maximum absolute atomic E-state index is 12.8. The van der Waals surface area contributed by atoms with Gasteiger partial charge in [0.2, 0.25) is 5.91 Å². The Bertz CT molecular complexity index is 906. The summed E-state index contributed by atoms with van der Waals surface area (Å²) in [5.41, 5.74) is 0.525. The van der Waals surface area contributed by atoms with E-state index < -0.39 is 12.7 Å². The van der Waals surface area contributed by atoms with Gasteiger partial charge in [-0.1, -0.05) is 6.07 Å². The SMILES string of the molecule is CC(=O)N1CCOC(CN2CCC(Oc3cccc4c3ccn4CC(F)(F)F)CC2)C1. The summed E-state index contributed by atoms with van der Waals surface area (Å²) < 4.78 is 51.6. The summed E-state index contributed by atoms with van der Waals surface area (Å²) in [6.07, 6.45) is -1.08. The number of aromatic nitrogens is 1. The van der Waals surface area contributed by atoms with Crippen LogP contribution < -0.4 is 4.74 Å². The van der Waals surface area contributed by atoms with Crippen LogP contribution in [0.25, 0.3) is 10.9 Å². The van der Waals surface area contributed by atoms with Crippen LogP contribution in [0.15, 0.2) is 30.5 Å². The zero-order valence-electron chi connectivity index (χ0n) is 17.6. The summed E-state index contributed by atoms with van der Waals surface area (Å²) in [5, 5.41) is 0.703. The molecule has 0 N–H and O–H groups in total. The quantitative estimate of drug-likeness (QED) is 0.718. The number of ether oxygens (including phenoxy) is 2. The minimum Gasteiger partial charge on any atom is -0.490 e. The van der Waals surface area contributed by atoms with Gasteiger partial charge in [0.05, 0.1) is 18.2 Å². The number of alkyl halides is 3. The molecule has 31 heavy (non-hydrogen) atoms. The molecule has 3 heterocycles. The third-order valence-corrected chi connectivity index (χ3v) is 6.00. The first kappa shape index (κ1) is 22.0. The fraction of sp³-hybridized carbons (Fsp3) is 0.591. The second-order valence-corrected chi connectivity index (χ2v) is 8.32. The monoisotopic (exact) mass is 439 g/mol.